The molecule has 3 saturated heterocycles. The zero-order chi connectivity index (χ0) is 16.6. The van der Waals surface area contributed by atoms with Gasteiger partial charge in [0, 0.05) is 64.2 Å². The summed E-state index contributed by atoms with van der Waals surface area (Å²) < 4.78 is 35.2. The molecule has 0 saturated carbocycles. The van der Waals surface area contributed by atoms with Gasteiger partial charge in [-0.25, -0.2) is 13.8 Å². The second kappa shape index (κ2) is 6.19. The lowest BCUT2D eigenvalue weighted by molar-refractivity contribution is -0.167. The van der Waals surface area contributed by atoms with Gasteiger partial charge >= 0.3 is 0 Å². The topological polar surface area (TPSA) is 41.5 Å². The van der Waals surface area contributed by atoms with E-state index in [9.17, 15) is 8.78 Å². The molecule has 4 heterocycles. The first-order chi connectivity index (χ1) is 11.6. The summed E-state index contributed by atoms with van der Waals surface area (Å²) in [6, 6.07) is 0.386. The van der Waals surface area contributed by atoms with Crippen molar-refractivity contribution in [3.8, 4) is 0 Å². The van der Waals surface area contributed by atoms with Crippen LogP contribution in [0, 0.1) is 5.41 Å². The summed E-state index contributed by atoms with van der Waals surface area (Å²) >= 11 is 0. The van der Waals surface area contributed by atoms with Crippen LogP contribution < -0.4 is 4.90 Å². The summed E-state index contributed by atoms with van der Waals surface area (Å²) in [6.07, 6.45) is 7.27. The van der Waals surface area contributed by atoms with Crippen LogP contribution in [-0.2, 0) is 4.74 Å². The van der Waals surface area contributed by atoms with Gasteiger partial charge in [-0.15, -0.1) is 0 Å². The summed E-state index contributed by atoms with van der Waals surface area (Å²) in [5.74, 6) is -1.92. The van der Waals surface area contributed by atoms with Gasteiger partial charge < -0.3 is 9.64 Å². The molecule has 3 fully saturated rings. The maximum Gasteiger partial charge on any atom is 0.257 e. The largest absolute Gasteiger partial charge is 0.381 e. The second-order valence-electron chi connectivity index (χ2n) is 7.28. The molecule has 0 radical (unpaired) electrons. The second-order valence-corrected chi connectivity index (χ2v) is 7.28. The molecule has 132 valence electrons. The monoisotopic (exact) mass is 338 g/mol. The van der Waals surface area contributed by atoms with Crippen LogP contribution in [0.3, 0.4) is 0 Å². The van der Waals surface area contributed by atoms with Gasteiger partial charge in [0.25, 0.3) is 5.92 Å². The summed E-state index contributed by atoms with van der Waals surface area (Å²) in [6.45, 7) is 3.44. The number of aromatic nitrogens is 2. The Morgan fingerprint density at radius 3 is 2.67 bits per heavy atom. The van der Waals surface area contributed by atoms with Gasteiger partial charge in [-0.2, -0.15) is 0 Å². The zero-order valence-corrected chi connectivity index (χ0v) is 13.8. The van der Waals surface area contributed by atoms with E-state index in [0.717, 1.165) is 26.1 Å². The predicted molar refractivity (Wildman–Crippen MR) is 86.3 cm³/mol. The highest BCUT2D eigenvalue weighted by Gasteiger charge is 2.60. The Morgan fingerprint density at radius 2 is 1.92 bits per heavy atom. The van der Waals surface area contributed by atoms with E-state index in [1.165, 1.54) is 0 Å². The molecule has 7 heteroatoms. The third-order valence-electron chi connectivity index (χ3n) is 5.93. The molecule has 0 aliphatic carbocycles. The van der Waals surface area contributed by atoms with E-state index in [0.29, 0.717) is 44.5 Å². The maximum absolute atomic E-state index is 14.9. The molecule has 4 rings (SSSR count). The number of hydrogen-bond acceptors (Lipinski definition) is 5. The van der Waals surface area contributed by atoms with Gasteiger partial charge in [-0.05, 0) is 19.3 Å². The Bertz CT molecular complexity index is 567. The summed E-state index contributed by atoms with van der Waals surface area (Å²) in [5, 5.41) is 0. The number of hydrogen-bond donors (Lipinski definition) is 0. The highest BCUT2D eigenvalue weighted by molar-refractivity contribution is 5.38. The van der Waals surface area contributed by atoms with Crippen LogP contribution in [0.4, 0.5) is 14.6 Å². The van der Waals surface area contributed by atoms with Crippen molar-refractivity contribution in [3.63, 3.8) is 0 Å². The standard InChI is InChI=1S/C17H24F2N4O/c18-17(19)4-8-22(14-1-9-24-10-2-14)12-16(17)3-7-23(13-16)15-11-20-5-6-21-15/h5-6,11,14H,1-4,7-10,12-13H2. The Kier molecular flexibility index (Phi) is 4.16. The van der Waals surface area contributed by atoms with E-state index in [1.807, 2.05) is 4.90 Å². The number of halogens is 2. The van der Waals surface area contributed by atoms with Crippen LogP contribution in [0.15, 0.2) is 18.6 Å². The average molecular weight is 338 g/mol. The minimum atomic E-state index is -2.62. The predicted octanol–water partition coefficient (Wildman–Crippen LogP) is 2.19. The fourth-order valence-electron chi connectivity index (χ4n) is 4.44. The van der Waals surface area contributed by atoms with Crippen LogP contribution in [0.1, 0.15) is 25.7 Å². The molecule has 0 N–H and O–H groups in total. The lowest BCUT2D eigenvalue weighted by Gasteiger charge is -2.49. The lowest BCUT2D eigenvalue weighted by Crippen LogP contribution is -2.59. The number of anilines is 1. The minimum Gasteiger partial charge on any atom is -0.381 e. The first kappa shape index (κ1) is 16.1. The molecular formula is C17H24F2N4O. The van der Waals surface area contributed by atoms with Gasteiger partial charge in [-0.1, -0.05) is 0 Å². The molecule has 0 bridgehead atoms. The Morgan fingerprint density at radius 1 is 1.08 bits per heavy atom. The van der Waals surface area contributed by atoms with Crippen molar-refractivity contribution in [1.82, 2.24) is 14.9 Å². The van der Waals surface area contributed by atoms with Crippen molar-refractivity contribution < 1.29 is 13.5 Å². The molecule has 1 spiro atoms. The lowest BCUT2D eigenvalue weighted by atomic mass is 9.75. The summed E-state index contributed by atoms with van der Waals surface area (Å²) in [5.41, 5.74) is -0.971. The number of rotatable bonds is 2. The maximum atomic E-state index is 14.9. The van der Waals surface area contributed by atoms with E-state index in [1.54, 1.807) is 18.6 Å². The molecule has 0 aromatic carbocycles. The molecule has 1 aromatic rings. The van der Waals surface area contributed by atoms with Gasteiger partial charge in [0.1, 0.15) is 5.82 Å². The van der Waals surface area contributed by atoms with E-state index in [2.05, 4.69) is 14.9 Å². The summed E-state index contributed by atoms with van der Waals surface area (Å²) in [7, 11) is 0. The third-order valence-corrected chi connectivity index (χ3v) is 5.93. The smallest absolute Gasteiger partial charge is 0.257 e. The van der Waals surface area contributed by atoms with E-state index in [4.69, 9.17) is 4.74 Å². The third kappa shape index (κ3) is 2.77. The number of nitrogens with zero attached hydrogens (tertiary/aromatic N) is 4. The van der Waals surface area contributed by atoms with Crippen molar-refractivity contribution in [2.45, 2.75) is 37.6 Å². The first-order valence-electron chi connectivity index (χ1n) is 8.80. The van der Waals surface area contributed by atoms with Crippen molar-refractivity contribution >= 4 is 5.82 Å². The van der Waals surface area contributed by atoms with Crippen LogP contribution in [-0.4, -0.2) is 66.2 Å². The Labute approximate surface area is 141 Å². The molecule has 24 heavy (non-hydrogen) atoms. The number of likely N-dealkylation sites (tertiary alicyclic amines) is 1. The van der Waals surface area contributed by atoms with Gasteiger partial charge in [0.15, 0.2) is 0 Å². The molecule has 5 nitrogen and oxygen atoms in total. The van der Waals surface area contributed by atoms with Crippen molar-refractivity contribution in [2.24, 2.45) is 5.41 Å². The zero-order valence-electron chi connectivity index (χ0n) is 13.8. The Hall–Kier alpha value is -1.34. The quantitative estimate of drug-likeness (QED) is 0.827. The molecule has 3 aliphatic rings. The number of ether oxygens (including phenoxy) is 1. The minimum absolute atomic E-state index is 0.0430. The van der Waals surface area contributed by atoms with Crippen molar-refractivity contribution in [3.05, 3.63) is 18.6 Å². The molecule has 3 aliphatic heterocycles. The fraction of sp³-hybridized carbons (Fsp3) is 0.765. The van der Waals surface area contributed by atoms with Crippen LogP contribution in [0.5, 0.6) is 0 Å². The molecular weight excluding hydrogens is 314 g/mol. The van der Waals surface area contributed by atoms with Crippen LogP contribution >= 0.6 is 0 Å². The first-order valence-corrected chi connectivity index (χ1v) is 8.80. The van der Waals surface area contributed by atoms with Crippen LogP contribution in [0.2, 0.25) is 0 Å². The van der Waals surface area contributed by atoms with Crippen molar-refractivity contribution in [1.29, 1.82) is 0 Å². The van der Waals surface area contributed by atoms with Gasteiger partial charge in [-0.3, -0.25) is 9.88 Å². The normalized spacial score (nSPS) is 31.7. The van der Waals surface area contributed by atoms with Crippen LogP contribution in [0.25, 0.3) is 0 Å². The highest BCUT2D eigenvalue weighted by atomic mass is 19.3. The van der Waals surface area contributed by atoms with Crippen molar-refractivity contribution in [2.75, 3.05) is 44.3 Å². The molecule has 0 amide bonds. The molecule has 1 aromatic heterocycles. The Balaban J connectivity index is 1.53. The van der Waals surface area contributed by atoms with E-state index < -0.39 is 11.3 Å². The fourth-order valence-corrected chi connectivity index (χ4v) is 4.44. The number of alkyl halides is 2. The van der Waals surface area contributed by atoms with Gasteiger partial charge in [0.2, 0.25) is 0 Å². The SMILES string of the molecule is FC1(F)CCN(C2CCOCC2)CC12CCN(c1cnccn1)C2. The summed E-state index contributed by atoms with van der Waals surface area (Å²) in [4.78, 5) is 12.6. The van der Waals surface area contributed by atoms with Gasteiger partial charge in [0.05, 0.1) is 11.6 Å². The molecule has 1 atom stereocenters. The average Bonchev–Trinajstić information content (AvgIpc) is 3.05. The van der Waals surface area contributed by atoms with E-state index in [-0.39, 0.29) is 6.42 Å². The van der Waals surface area contributed by atoms with E-state index >= 15 is 0 Å². The highest BCUT2D eigenvalue weighted by Crippen LogP contribution is 2.50. The number of piperidine rings is 1. The molecule has 1 unspecified atom stereocenters.